The summed E-state index contributed by atoms with van der Waals surface area (Å²) in [4.78, 5) is 22.8. The Morgan fingerprint density at radius 1 is 1.45 bits per heavy atom. The van der Waals surface area contributed by atoms with Gasteiger partial charge >= 0.3 is 12.0 Å². The van der Waals surface area contributed by atoms with E-state index in [9.17, 15) is 9.59 Å². The number of nitrogens with one attached hydrogen (secondary N) is 2. The fourth-order valence-electron chi connectivity index (χ4n) is 1.50. The van der Waals surface area contributed by atoms with Crippen LogP contribution in [-0.2, 0) is 4.79 Å². The number of carboxylic acid groups (broad SMARTS) is 1. The van der Waals surface area contributed by atoms with Crippen LogP contribution in [0.4, 0.5) is 10.5 Å². The lowest BCUT2D eigenvalue weighted by Crippen LogP contribution is -2.43. The van der Waals surface area contributed by atoms with Crippen molar-refractivity contribution in [2.75, 3.05) is 17.3 Å². The molecular weight excluding hydrogens is 278 g/mol. The second-order valence-corrected chi connectivity index (χ2v) is 4.91. The van der Waals surface area contributed by atoms with E-state index in [1.807, 2.05) is 12.3 Å². The largest absolute Gasteiger partial charge is 0.480 e. The van der Waals surface area contributed by atoms with Gasteiger partial charge in [0.2, 0.25) is 0 Å². The predicted octanol–water partition coefficient (Wildman–Crippen LogP) is 1.89. The Morgan fingerprint density at radius 3 is 2.75 bits per heavy atom. The third-order valence-electron chi connectivity index (χ3n) is 2.51. The standard InChI is InChI=1S/C13H15N3O3S/c1-20-7-6-11(12(17)18)16-13(19)15-10-5-3-2-4-9(10)8-14/h2-5,11H,6-7H2,1H3,(H,17,18)(H2,15,16,19)/t11-/m0/s1. The summed E-state index contributed by atoms with van der Waals surface area (Å²) in [7, 11) is 0. The first kappa shape index (κ1) is 15.9. The molecular formula is C13H15N3O3S. The highest BCUT2D eigenvalue weighted by Crippen LogP contribution is 2.13. The van der Waals surface area contributed by atoms with Gasteiger partial charge in [-0.25, -0.2) is 9.59 Å². The smallest absolute Gasteiger partial charge is 0.326 e. The lowest BCUT2D eigenvalue weighted by molar-refractivity contribution is -0.139. The number of carboxylic acids is 1. The zero-order valence-electron chi connectivity index (χ0n) is 10.9. The molecule has 0 spiro atoms. The number of thioether (sulfide) groups is 1. The van der Waals surface area contributed by atoms with Gasteiger partial charge < -0.3 is 15.7 Å². The quantitative estimate of drug-likeness (QED) is 0.743. The summed E-state index contributed by atoms with van der Waals surface area (Å²) >= 11 is 1.51. The first-order valence-electron chi connectivity index (χ1n) is 5.87. The average Bonchev–Trinajstić information content (AvgIpc) is 2.43. The van der Waals surface area contributed by atoms with Crippen molar-refractivity contribution in [3.63, 3.8) is 0 Å². The van der Waals surface area contributed by atoms with Gasteiger partial charge in [-0.05, 0) is 30.6 Å². The molecule has 0 saturated carbocycles. The first-order valence-corrected chi connectivity index (χ1v) is 7.26. The van der Waals surface area contributed by atoms with Crippen LogP contribution in [0.2, 0.25) is 0 Å². The number of hydrogen-bond donors (Lipinski definition) is 3. The van der Waals surface area contributed by atoms with Crippen molar-refractivity contribution in [3.8, 4) is 6.07 Å². The van der Waals surface area contributed by atoms with E-state index in [2.05, 4.69) is 10.6 Å². The minimum Gasteiger partial charge on any atom is -0.480 e. The number of aliphatic carboxylic acids is 1. The molecule has 1 atom stereocenters. The molecule has 20 heavy (non-hydrogen) atoms. The lowest BCUT2D eigenvalue weighted by Gasteiger charge is -2.15. The average molecular weight is 293 g/mol. The van der Waals surface area contributed by atoms with E-state index in [1.165, 1.54) is 11.8 Å². The van der Waals surface area contributed by atoms with Crippen LogP contribution in [0.15, 0.2) is 24.3 Å². The van der Waals surface area contributed by atoms with Crippen molar-refractivity contribution >= 4 is 29.4 Å². The van der Waals surface area contributed by atoms with Crippen LogP contribution in [0.1, 0.15) is 12.0 Å². The maximum absolute atomic E-state index is 11.8. The van der Waals surface area contributed by atoms with Crippen LogP contribution < -0.4 is 10.6 Å². The van der Waals surface area contributed by atoms with Crippen LogP contribution in [0.3, 0.4) is 0 Å². The highest BCUT2D eigenvalue weighted by atomic mass is 32.2. The Kier molecular flexibility index (Phi) is 6.40. The van der Waals surface area contributed by atoms with Gasteiger partial charge in [-0.15, -0.1) is 0 Å². The highest BCUT2D eigenvalue weighted by molar-refractivity contribution is 7.98. The van der Waals surface area contributed by atoms with Crippen LogP contribution >= 0.6 is 11.8 Å². The Morgan fingerprint density at radius 2 is 2.15 bits per heavy atom. The minimum absolute atomic E-state index is 0.318. The molecule has 0 aliphatic carbocycles. The first-order chi connectivity index (χ1) is 9.58. The fourth-order valence-corrected chi connectivity index (χ4v) is 1.97. The molecule has 0 bridgehead atoms. The third kappa shape index (κ3) is 4.82. The van der Waals surface area contributed by atoms with E-state index in [0.29, 0.717) is 23.4 Å². The van der Waals surface area contributed by atoms with Gasteiger partial charge in [0.1, 0.15) is 12.1 Å². The van der Waals surface area contributed by atoms with Crippen molar-refractivity contribution in [2.24, 2.45) is 0 Å². The second-order valence-electron chi connectivity index (χ2n) is 3.93. The second kappa shape index (κ2) is 8.07. The Labute approximate surface area is 121 Å². The summed E-state index contributed by atoms with van der Waals surface area (Å²) in [6.45, 7) is 0. The summed E-state index contributed by atoms with van der Waals surface area (Å²) in [5.74, 6) is -0.450. The zero-order valence-corrected chi connectivity index (χ0v) is 11.7. The van der Waals surface area contributed by atoms with Crippen LogP contribution in [0, 0.1) is 11.3 Å². The molecule has 106 valence electrons. The van der Waals surface area contributed by atoms with Gasteiger partial charge in [0.25, 0.3) is 0 Å². The number of anilines is 1. The maximum atomic E-state index is 11.8. The molecule has 0 radical (unpaired) electrons. The molecule has 1 aromatic carbocycles. The molecule has 0 saturated heterocycles. The van der Waals surface area contributed by atoms with Crippen molar-refractivity contribution in [3.05, 3.63) is 29.8 Å². The van der Waals surface area contributed by atoms with E-state index in [-0.39, 0.29) is 0 Å². The molecule has 1 aromatic rings. The number of hydrogen-bond acceptors (Lipinski definition) is 4. The van der Waals surface area contributed by atoms with Crippen molar-refractivity contribution in [1.29, 1.82) is 5.26 Å². The Bertz CT molecular complexity index is 528. The number of nitriles is 1. The molecule has 0 heterocycles. The maximum Gasteiger partial charge on any atom is 0.326 e. The monoisotopic (exact) mass is 293 g/mol. The van der Waals surface area contributed by atoms with Crippen LogP contribution in [0.5, 0.6) is 0 Å². The normalized spacial score (nSPS) is 11.2. The molecule has 3 N–H and O–H groups in total. The van der Waals surface area contributed by atoms with E-state index in [4.69, 9.17) is 10.4 Å². The molecule has 0 unspecified atom stereocenters. The van der Waals surface area contributed by atoms with Gasteiger partial charge in [-0.2, -0.15) is 17.0 Å². The Hall–Kier alpha value is -2.20. The van der Waals surface area contributed by atoms with Gasteiger partial charge in [0.05, 0.1) is 11.3 Å². The Balaban J connectivity index is 2.66. The summed E-state index contributed by atoms with van der Waals surface area (Å²) in [6, 6.07) is 6.87. The molecule has 0 fully saturated rings. The number of carbonyl (C=O) groups excluding carboxylic acids is 1. The van der Waals surface area contributed by atoms with Crippen LogP contribution in [0.25, 0.3) is 0 Å². The molecule has 2 amide bonds. The molecule has 0 aromatic heterocycles. The molecule has 0 aliphatic rings. The van der Waals surface area contributed by atoms with Crippen molar-refractivity contribution in [2.45, 2.75) is 12.5 Å². The molecule has 7 heteroatoms. The van der Waals surface area contributed by atoms with E-state index < -0.39 is 18.0 Å². The molecule has 0 aliphatic heterocycles. The van der Waals surface area contributed by atoms with Crippen molar-refractivity contribution < 1.29 is 14.7 Å². The number of nitrogens with zero attached hydrogens (tertiary/aromatic N) is 1. The summed E-state index contributed by atoms with van der Waals surface area (Å²) in [6.07, 6.45) is 2.20. The number of amides is 2. The SMILES string of the molecule is CSCC[C@H](NC(=O)Nc1ccccc1C#N)C(=O)O. The van der Waals surface area contributed by atoms with E-state index in [1.54, 1.807) is 24.3 Å². The molecule has 1 rings (SSSR count). The molecule has 6 nitrogen and oxygen atoms in total. The number of carbonyl (C=O) groups is 2. The number of urea groups is 1. The van der Waals surface area contributed by atoms with Crippen molar-refractivity contribution in [1.82, 2.24) is 5.32 Å². The third-order valence-corrected chi connectivity index (χ3v) is 3.15. The number of benzene rings is 1. The van der Waals surface area contributed by atoms with E-state index in [0.717, 1.165) is 0 Å². The number of para-hydroxylation sites is 1. The lowest BCUT2D eigenvalue weighted by atomic mass is 10.2. The predicted molar refractivity (Wildman–Crippen MR) is 77.7 cm³/mol. The van der Waals surface area contributed by atoms with E-state index >= 15 is 0 Å². The van der Waals surface area contributed by atoms with Gasteiger partial charge in [-0.3, -0.25) is 0 Å². The topological polar surface area (TPSA) is 102 Å². The van der Waals surface area contributed by atoms with Gasteiger partial charge in [0.15, 0.2) is 0 Å². The van der Waals surface area contributed by atoms with Gasteiger partial charge in [0, 0.05) is 0 Å². The zero-order chi connectivity index (χ0) is 15.0. The number of rotatable bonds is 6. The van der Waals surface area contributed by atoms with Gasteiger partial charge in [-0.1, -0.05) is 12.1 Å². The summed E-state index contributed by atoms with van der Waals surface area (Å²) in [5.41, 5.74) is 0.667. The minimum atomic E-state index is -1.08. The summed E-state index contributed by atoms with van der Waals surface area (Å²) in [5, 5.41) is 22.8. The highest BCUT2D eigenvalue weighted by Gasteiger charge is 2.19. The fraction of sp³-hybridized carbons (Fsp3) is 0.308. The summed E-state index contributed by atoms with van der Waals surface area (Å²) < 4.78 is 0. The van der Waals surface area contributed by atoms with Crippen LogP contribution in [-0.4, -0.2) is 35.2 Å².